The number of carbonyl (C=O) groups excluding carboxylic acids is 2. The second kappa shape index (κ2) is 15.5. The molecule has 2 fully saturated rings. The van der Waals surface area contributed by atoms with Crippen molar-refractivity contribution in [1.29, 1.82) is 5.41 Å². The summed E-state index contributed by atoms with van der Waals surface area (Å²) in [5.41, 5.74) is 5.58. The Bertz CT molecular complexity index is 1470. The maximum absolute atomic E-state index is 14.2. The van der Waals surface area contributed by atoms with E-state index in [2.05, 4.69) is 10.0 Å². The first-order valence-corrected chi connectivity index (χ1v) is 17.4. The van der Waals surface area contributed by atoms with Crippen molar-refractivity contribution in [1.82, 2.24) is 19.8 Å². The SMILES string of the molecule is CCC(C(=O)O)N(CC1CCCCC1)C(=O)[C@H](CC(=O)NCC1CCN(C(=N)N)CC1)NS(=O)(=O)c1ccc2ccccc2c1. The monoisotopic (exact) mass is 642 g/mol. The first-order valence-electron chi connectivity index (χ1n) is 15.9. The van der Waals surface area contributed by atoms with Gasteiger partial charge in [0.15, 0.2) is 5.96 Å². The van der Waals surface area contributed by atoms with Crippen LogP contribution in [0.2, 0.25) is 0 Å². The summed E-state index contributed by atoms with van der Waals surface area (Å²) in [7, 11) is -4.27. The maximum Gasteiger partial charge on any atom is 0.326 e. The molecule has 1 saturated heterocycles. The van der Waals surface area contributed by atoms with E-state index < -0.39 is 46.3 Å². The molecule has 2 aliphatic rings. The Kier molecular flexibility index (Phi) is 11.8. The Balaban J connectivity index is 1.57. The van der Waals surface area contributed by atoms with Crippen molar-refractivity contribution < 1.29 is 27.9 Å². The van der Waals surface area contributed by atoms with Gasteiger partial charge in [0.05, 0.1) is 11.3 Å². The normalized spacial score (nSPS) is 17.8. The number of carboxylic acid groups (broad SMARTS) is 1. The molecule has 1 unspecified atom stereocenters. The first-order chi connectivity index (χ1) is 21.5. The number of nitrogens with two attached hydrogens (primary N) is 1. The summed E-state index contributed by atoms with van der Waals surface area (Å²) in [6.07, 6.45) is 5.89. The number of hydrogen-bond acceptors (Lipinski definition) is 6. The number of amides is 2. The smallest absolute Gasteiger partial charge is 0.326 e. The Morgan fingerprint density at radius 3 is 2.31 bits per heavy atom. The van der Waals surface area contributed by atoms with Gasteiger partial charge in [-0.05, 0) is 66.8 Å². The molecule has 2 aromatic rings. The molecular formula is C32H46N6O6S. The van der Waals surface area contributed by atoms with Crippen LogP contribution in [0.1, 0.15) is 64.7 Å². The predicted octanol–water partition coefficient (Wildman–Crippen LogP) is 2.87. The summed E-state index contributed by atoms with van der Waals surface area (Å²) in [6.45, 7) is 3.41. The third kappa shape index (κ3) is 9.16. The molecule has 1 aliphatic heterocycles. The van der Waals surface area contributed by atoms with E-state index in [0.29, 0.717) is 25.0 Å². The van der Waals surface area contributed by atoms with Gasteiger partial charge >= 0.3 is 5.97 Å². The van der Waals surface area contributed by atoms with Gasteiger partial charge in [0, 0.05) is 26.2 Å². The van der Waals surface area contributed by atoms with E-state index in [0.717, 1.165) is 50.3 Å². The van der Waals surface area contributed by atoms with E-state index in [9.17, 15) is 27.9 Å². The third-order valence-corrected chi connectivity index (χ3v) is 10.5. The van der Waals surface area contributed by atoms with Crippen LogP contribution in [-0.2, 0) is 24.4 Å². The number of carbonyl (C=O) groups is 3. The molecule has 2 atom stereocenters. The number of guanidine groups is 1. The van der Waals surface area contributed by atoms with Crippen LogP contribution in [0, 0.1) is 17.2 Å². The molecule has 45 heavy (non-hydrogen) atoms. The number of fused-ring (bicyclic) bond motifs is 1. The molecule has 246 valence electrons. The Hall–Kier alpha value is -3.71. The molecule has 1 saturated carbocycles. The summed E-state index contributed by atoms with van der Waals surface area (Å²) >= 11 is 0. The number of sulfonamides is 1. The van der Waals surface area contributed by atoms with Gasteiger partial charge in [-0.2, -0.15) is 4.72 Å². The van der Waals surface area contributed by atoms with E-state index in [1.165, 1.54) is 17.0 Å². The number of piperidine rings is 1. The highest BCUT2D eigenvalue weighted by Gasteiger charge is 2.37. The van der Waals surface area contributed by atoms with Crippen LogP contribution in [-0.4, -0.2) is 85.3 Å². The van der Waals surface area contributed by atoms with Crippen molar-refractivity contribution >= 4 is 44.5 Å². The molecule has 0 bridgehead atoms. The predicted molar refractivity (Wildman–Crippen MR) is 172 cm³/mol. The second-order valence-electron chi connectivity index (χ2n) is 12.3. The lowest BCUT2D eigenvalue weighted by molar-refractivity contribution is -0.152. The average molecular weight is 643 g/mol. The van der Waals surface area contributed by atoms with Crippen molar-refractivity contribution in [2.24, 2.45) is 17.6 Å². The van der Waals surface area contributed by atoms with Gasteiger partial charge in [-0.1, -0.05) is 56.5 Å². The van der Waals surface area contributed by atoms with E-state index >= 15 is 0 Å². The van der Waals surface area contributed by atoms with E-state index in [1.54, 1.807) is 30.0 Å². The van der Waals surface area contributed by atoms with Crippen LogP contribution in [0.3, 0.4) is 0 Å². The zero-order chi connectivity index (χ0) is 32.6. The molecule has 0 radical (unpaired) electrons. The van der Waals surface area contributed by atoms with Gasteiger partial charge in [-0.3, -0.25) is 15.0 Å². The summed E-state index contributed by atoms with van der Waals surface area (Å²) in [5, 5.41) is 22.1. The quantitative estimate of drug-likeness (QED) is 0.163. The van der Waals surface area contributed by atoms with Gasteiger partial charge in [-0.25, -0.2) is 13.2 Å². The summed E-state index contributed by atoms with van der Waals surface area (Å²) < 4.78 is 29.9. The fourth-order valence-electron chi connectivity index (χ4n) is 6.41. The van der Waals surface area contributed by atoms with Crippen LogP contribution in [0.15, 0.2) is 47.4 Å². The van der Waals surface area contributed by atoms with Crippen molar-refractivity contribution in [2.45, 2.75) is 81.7 Å². The lowest BCUT2D eigenvalue weighted by atomic mass is 9.88. The van der Waals surface area contributed by atoms with Gasteiger partial charge in [0.2, 0.25) is 21.8 Å². The van der Waals surface area contributed by atoms with Gasteiger partial charge in [-0.15, -0.1) is 0 Å². The summed E-state index contributed by atoms with van der Waals surface area (Å²) in [5.74, 6) is -2.13. The second-order valence-corrected chi connectivity index (χ2v) is 14.0. The van der Waals surface area contributed by atoms with Gasteiger partial charge in [0.1, 0.15) is 12.1 Å². The molecule has 1 aliphatic carbocycles. The number of benzene rings is 2. The van der Waals surface area contributed by atoms with Gasteiger partial charge in [0.25, 0.3) is 0 Å². The minimum Gasteiger partial charge on any atom is -0.480 e. The minimum absolute atomic E-state index is 0.0158. The molecule has 2 aromatic carbocycles. The number of rotatable bonds is 13. The van der Waals surface area contributed by atoms with Crippen molar-refractivity contribution in [2.75, 3.05) is 26.2 Å². The van der Waals surface area contributed by atoms with Crippen molar-refractivity contribution in [3.8, 4) is 0 Å². The molecule has 12 nitrogen and oxygen atoms in total. The van der Waals surface area contributed by atoms with Crippen LogP contribution in [0.4, 0.5) is 0 Å². The number of aliphatic carboxylic acids is 1. The molecule has 13 heteroatoms. The van der Waals surface area contributed by atoms with Crippen LogP contribution in [0.5, 0.6) is 0 Å². The lowest BCUT2D eigenvalue weighted by Gasteiger charge is -2.35. The van der Waals surface area contributed by atoms with Gasteiger partial charge < -0.3 is 26.0 Å². The zero-order valence-electron chi connectivity index (χ0n) is 25.9. The zero-order valence-corrected chi connectivity index (χ0v) is 26.7. The number of nitrogens with zero attached hydrogens (tertiary/aromatic N) is 2. The highest BCUT2D eigenvalue weighted by molar-refractivity contribution is 7.89. The standard InChI is InChI=1S/C32H46N6O6S/c1-2-28(31(41)42)38(21-23-8-4-3-5-9-23)30(40)27(19-29(39)35-20-22-14-16-37(17-15-22)32(33)34)36-45(43,44)26-13-12-24-10-6-7-11-25(24)18-26/h6-7,10-13,18,22-23,27-28,36H,2-5,8-9,14-17,19-21H2,1H3,(H3,33,34)(H,35,39)(H,41,42)/t27-,28?/m0/s1. The molecule has 2 amide bonds. The van der Waals surface area contributed by atoms with Crippen LogP contribution in [0.25, 0.3) is 10.8 Å². The molecule has 0 spiro atoms. The largest absolute Gasteiger partial charge is 0.480 e. The van der Waals surface area contributed by atoms with Crippen LogP contribution < -0.4 is 15.8 Å². The number of nitrogens with one attached hydrogen (secondary N) is 3. The lowest BCUT2D eigenvalue weighted by Crippen LogP contribution is -2.56. The van der Waals surface area contributed by atoms with E-state index in [4.69, 9.17) is 11.1 Å². The highest BCUT2D eigenvalue weighted by Crippen LogP contribution is 2.27. The Morgan fingerprint density at radius 2 is 1.69 bits per heavy atom. The molecule has 4 rings (SSSR count). The fraction of sp³-hybridized carbons (Fsp3) is 0.562. The average Bonchev–Trinajstić information content (AvgIpc) is 3.03. The molecule has 0 aromatic heterocycles. The minimum atomic E-state index is -4.27. The summed E-state index contributed by atoms with van der Waals surface area (Å²) in [4.78, 5) is 42.7. The van der Waals surface area contributed by atoms with E-state index in [-0.39, 0.29) is 35.7 Å². The molecule has 1 heterocycles. The number of hydrogen-bond donors (Lipinski definition) is 5. The fourth-order valence-corrected chi connectivity index (χ4v) is 7.63. The topological polar surface area (TPSA) is 186 Å². The van der Waals surface area contributed by atoms with Crippen molar-refractivity contribution in [3.05, 3.63) is 42.5 Å². The molecular weight excluding hydrogens is 596 g/mol. The highest BCUT2D eigenvalue weighted by atomic mass is 32.2. The number of likely N-dealkylation sites (tertiary alicyclic amines) is 1. The Morgan fingerprint density at radius 1 is 1.02 bits per heavy atom. The third-order valence-electron chi connectivity index (χ3n) is 9.07. The van der Waals surface area contributed by atoms with Crippen LogP contribution >= 0.6 is 0 Å². The summed E-state index contributed by atoms with van der Waals surface area (Å²) in [6, 6.07) is 9.28. The number of carboxylic acids is 1. The van der Waals surface area contributed by atoms with E-state index in [1.807, 2.05) is 12.1 Å². The Labute approximate surface area is 265 Å². The first kappa shape index (κ1) is 34.2. The molecule has 6 N–H and O–H groups in total. The maximum atomic E-state index is 14.2. The van der Waals surface area contributed by atoms with Crippen molar-refractivity contribution in [3.63, 3.8) is 0 Å².